The van der Waals surface area contributed by atoms with Gasteiger partial charge in [0.1, 0.15) is 11.4 Å². The molecule has 1 heterocycles. The van der Waals surface area contributed by atoms with Gasteiger partial charge < -0.3 is 10.4 Å². The molecule has 2 atom stereocenters. The zero-order valence-corrected chi connectivity index (χ0v) is 10.8. The number of nitrogens with zero attached hydrogens (tertiary/aromatic N) is 1. The van der Waals surface area contributed by atoms with Gasteiger partial charge in [-0.2, -0.15) is 0 Å². The minimum absolute atomic E-state index is 0.250. The molecule has 0 spiro atoms. The minimum atomic E-state index is -0.936. The van der Waals surface area contributed by atoms with Crippen LogP contribution in [0.2, 0.25) is 0 Å². The number of fused-ring (bicyclic) bond motifs is 1. The van der Waals surface area contributed by atoms with E-state index in [1.807, 2.05) is 24.3 Å². The molecule has 0 bridgehead atoms. The molecule has 4 heteroatoms. The maximum atomic E-state index is 11.3. The number of para-hydroxylation sites is 1. The summed E-state index contributed by atoms with van der Waals surface area (Å²) in [4.78, 5) is 15.8. The molecule has 0 saturated heterocycles. The van der Waals surface area contributed by atoms with Gasteiger partial charge in [-0.15, -0.1) is 0 Å². The van der Waals surface area contributed by atoms with Crippen LogP contribution in [0.25, 0.3) is 10.9 Å². The minimum Gasteiger partial charge on any atom is -0.478 e. The van der Waals surface area contributed by atoms with Gasteiger partial charge in [-0.3, -0.25) is 0 Å². The Balaban J connectivity index is 2.00. The first-order chi connectivity index (χ1) is 9.19. The normalized spacial score (nSPS) is 21.3. The van der Waals surface area contributed by atoms with E-state index in [4.69, 9.17) is 0 Å². The molecular formula is C15H16N2O2. The Morgan fingerprint density at radius 3 is 2.95 bits per heavy atom. The number of rotatable bonds is 4. The Bertz CT molecular complexity index is 639. The number of aromatic nitrogens is 1. The predicted molar refractivity (Wildman–Crippen MR) is 74.5 cm³/mol. The summed E-state index contributed by atoms with van der Waals surface area (Å²) in [5, 5.41) is 13.4. The molecule has 1 aromatic carbocycles. The number of anilines is 1. The molecule has 1 aromatic heterocycles. The van der Waals surface area contributed by atoms with Crippen LogP contribution in [0, 0.1) is 5.92 Å². The highest BCUT2D eigenvalue weighted by atomic mass is 16.4. The van der Waals surface area contributed by atoms with Crippen LogP contribution in [0.4, 0.5) is 5.82 Å². The number of benzene rings is 1. The van der Waals surface area contributed by atoms with Crippen molar-refractivity contribution in [1.29, 1.82) is 0 Å². The van der Waals surface area contributed by atoms with E-state index in [0.717, 1.165) is 23.7 Å². The lowest BCUT2D eigenvalue weighted by molar-refractivity contribution is 0.0698. The van der Waals surface area contributed by atoms with E-state index in [9.17, 15) is 9.90 Å². The summed E-state index contributed by atoms with van der Waals surface area (Å²) in [5.74, 6) is 0.205. The van der Waals surface area contributed by atoms with Crippen molar-refractivity contribution in [2.24, 2.45) is 5.92 Å². The first kappa shape index (κ1) is 12.0. The Morgan fingerprint density at radius 2 is 2.26 bits per heavy atom. The average Bonchev–Trinajstić information content (AvgIpc) is 3.16. The molecule has 2 aromatic rings. The van der Waals surface area contributed by atoms with Gasteiger partial charge in [0.05, 0.1) is 5.52 Å². The SMILES string of the molecule is CCC1CC1Nc1nc2ccccc2cc1C(=O)O. The van der Waals surface area contributed by atoms with E-state index in [1.165, 1.54) is 0 Å². The number of carboxylic acid groups (broad SMARTS) is 1. The lowest BCUT2D eigenvalue weighted by Crippen LogP contribution is -2.11. The van der Waals surface area contributed by atoms with Gasteiger partial charge in [0.25, 0.3) is 0 Å². The van der Waals surface area contributed by atoms with Gasteiger partial charge in [0.15, 0.2) is 0 Å². The second kappa shape index (κ2) is 4.53. The molecule has 1 fully saturated rings. The maximum absolute atomic E-state index is 11.3. The predicted octanol–water partition coefficient (Wildman–Crippen LogP) is 3.14. The third kappa shape index (κ3) is 2.26. The molecule has 1 aliphatic carbocycles. The summed E-state index contributed by atoms with van der Waals surface area (Å²) in [6.45, 7) is 2.15. The number of nitrogens with one attached hydrogen (secondary N) is 1. The summed E-state index contributed by atoms with van der Waals surface area (Å²) in [5.41, 5.74) is 1.07. The van der Waals surface area contributed by atoms with Gasteiger partial charge in [-0.25, -0.2) is 9.78 Å². The van der Waals surface area contributed by atoms with Crippen molar-refractivity contribution in [1.82, 2.24) is 4.98 Å². The molecule has 4 nitrogen and oxygen atoms in total. The van der Waals surface area contributed by atoms with Crippen LogP contribution in [0.5, 0.6) is 0 Å². The van der Waals surface area contributed by atoms with Gasteiger partial charge in [0, 0.05) is 11.4 Å². The van der Waals surface area contributed by atoms with Crippen LogP contribution < -0.4 is 5.32 Å². The average molecular weight is 256 g/mol. The quantitative estimate of drug-likeness (QED) is 0.882. The van der Waals surface area contributed by atoms with E-state index in [-0.39, 0.29) is 5.56 Å². The number of carbonyl (C=O) groups is 1. The first-order valence-corrected chi connectivity index (χ1v) is 6.58. The molecule has 3 rings (SSSR count). The largest absolute Gasteiger partial charge is 0.478 e. The highest BCUT2D eigenvalue weighted by Gasteiger charge is 2.36. The second-order valence-electron chi connectivity index (χ2n) is 5.04. The fraction of sp³-hybridized carbons (Fsp3) is 0.333. The standard InChI is InChI=1S/C15H16N2O2/c1-2-9-8-13(9)17-14-11(15(18)19)7-10-5-3-4-6-12(10)16-14/h3-7,9,13H,2,8H2,1H3,(H,16,17)(H,18,19). The molecule has 2 unspecified atom stereocenters. The fourth-order valence-corrected chi connectivity index (χ4v) is 2.44. The summed E-state index contributed by atoms with van der Waals surface area (Å²) >= 11 is 0. The second-order valence-corrected chi connectivity index (χ2v) is 5.04. The van der Waals surface area contributed by atoms with Crippen molar-refractivity contribution in [3.8, 4) is 0 Å². The molecule has 2 N–H and O–H groups in total. The smallest absolute Gasteiger partial charge is 0.339 e. The van der Waals surface area contributed by atoms with Crippen molar-refractivity contribution in [3.05, 3.63) is 35.9 Å². The van der Waals surface area contributed by atoms with Gasteiger partial charge in [-0.05, 0) is 24.5 Å². The van der Waals surface area contributed by atoms with Crippen molar-refractivity contribution in [3.63, 3.8) is 0 Å². The highest BCUT2D eigenvalue weighted by molar-refractivity contribution is 5.98. The first-order valence-electron chi connectivity index (χ1n) is 6.58. The van der Waals surface area contributed by atoms with Gasteiger partial charge in [0.2, 0.25) is 0 Å². The van der Waals surface area contributed by atoms with Crippen molar-refractivity contribution in [2.75, 3.05) is 5.32 Å². The Labute approximate surface area is 111 Å². The third-order valence-corrected chi connectivity index (χ3v) is 3.72. The van der Waals surface area contributed by atoms with Gasteiger partial charge in [-0.1, -0.05) is 31.5 Å². The van der Waals surface area contributed by atoms with Crippen molar-refractivity contribution < 1.29 is 9.90 Å². The molecule has 0 radical (unpaired) electrons. The molecule has 1 saturated carbocycles. The molecule has 0 amide bonds. The van der Waals surface area contributed by atoms with Crippen LogP contribution in [-0.4, -0.2) is 22.1 Å². The van der Waals surface area contributed by atoms with E-state index in [0.29, 0.717) is 17.8 Å². The lowest BCUT2D eigenvalue weighted by Gasteiger charge is -2.10. The Hall–Kier alpha value is -2.10. The van der Waals surface area contributed by atoms with E-state index < -0.39 is 5.97 Å². The highest BCUT2D eigenvalue weighted by Crippen LogP contribution is 2.36. The Kier molecular flexibility index (Phi) is 2.85. The fourth-order valence-electron chi connectivity index (χ4n) is 2.44. The van der Waals surface area contributed by atoms with E-state index >= 15 is 0 Å². The number of aromatic carboxylic acids is 1. The van der Waals surface area contributed by atoms with Crippen LogP contribution in [0.3, 0.4) is 0 Å². The maximum Gasteiger partial charge on any atom is 0.339 e. The number of hydrogen-bond donors (Lipinski definition) is 2. The number of hydrogen-bond acceptors (Lipinski definition) is 3. The summed E-state index contributed by atoms with van der Waals surface area (Å²) in [6.07, 6.45) is 2.22. The van der Waals surface area contributed by atoms with Crippen LogP contribution in [-0.2, 0) is 0 Å². The third-order valence-electron chi connectivity index (χ3n) is 3.72. The topological polar surface area (TPSA) is 62.2 Å². The molecule has 0 aliphatic heterocycles. The molecule has 98 valence electrons. The zero-order valence-electron chi connectivity index (χ0n) is 10.8. The van der Waals surface area contributed by atoms with Crippen LogP contribution >= 0.6 is 0 Å². The van der Waals surface area contributed by atoms with Crippen LogP contribution in [0.1, 0.15) is 30.1 Å². The molecule has 19 heavy (non-hydrogen) atoms. The molecule has 1 aliphatic rings. The lowest BCUT2D eigenvalue weighted by atomic mass is 10.1. The van der Waals surface area contributed by atoms with Crippen LogP contribution in [0.15, 0.2) is 30.3 Å². The monoisotopic (exact) mass is 256 g/mol. The summed E-state index contributed by atoms with van der Waals surface area (Å²) in [7, 11) is 0. The zero-order chi connectivity index (χ0) is 13.4. The van der Waals surface area contributed by atoms with Crippen molar-refractivity contribution in [2.45, 2.75) is 25.8 Å². The van der Waals surface area contributed by atoms with Gasteiger partial charge >= 0.3 is 5.97 Å². The van der Waals surface area contributed by atoms with E-state index in [1.54, 1.807) is 6.07 Å². The summed E-state index contributed by atoms with van der Waals surface area (Å²) < 4.78 is 0. The number of carboxylic acids is 1. The van der Waals surface area contributed by atoms with E-state index in [2.05, 4.69) is 17.2 Å². The Morgan fingerprint density at radius 1 is 1.47 bits per heavy atom. The number of pyridine rings is 1. The molecular weight excluding hydrogens is 240 g/mol. The summed E-state index contributed by atoms with van der Waals surface area (Å²) in [6, 6.07) is 9.64. The van der Waals surface area contributed by atoms with Crippen molar-refractivity contribution >= 4 is 22.7 Å².